The smallest absolute Gasteiger partial charge is 0.407 e. The molecule has 1 unspecified atom stereocenters. The van der Waals surface area contributed by atoms with Gasteiger partial charge in [-0.25, -0.2) is 4.79 Å². The van der Waals surface area contributed by atoms with E-state index >= 15 is 0 Å². The predicted molar refractivity (Wildman–Crippen MR) is 129 cm³/mol. The van der Waals surface area contributed by atoms with Crippen LogP contribution in [-0.2, 0) is 14.1 Å². The van der Waals surface area contributed by atoms with Crippen molar-refractivity contribution in [1.82, 2.24) is 29.4 Å². The van der Waals surface area contributed by atoms with Gasteiger partial charge < -0.3 is 10.0 Å². The van der Waals surface area contributed by atoms with Gasteiger partial charge in [0.15, 0.2) is 5.92 Å². The van der Waals surface area contributed by atoms with E-state index in [0.29, 0.717) is 11.1 Å². The zero-order valence-corrected chi connectivity index (χ0v) is 20.8. The number of aromatic nitrogens is 4. The molecule has 1 fully saturated rings. The molecule has 1 aliphatic rings. The Hall–Kier alpha value is -3.81. The van der Waals surface area contributed by atoms with E-state index in [1.807, 2.05) is 0 Å². The van der Waals surface area contributed by atoms with Crippen LogP contribution in [0.5, 0.6) is 0 Å². The van der Waals surface area contributed by atoms with Crippen LogP contribution in [0.3, 0.4) is 0 Å². The number of aryl methyl sites for hydroxylation is 2. The lowest BCUT2D eigenvalue weighted by molar-refractivity contribution is -0.300. The molecule has 0 saturated carbocycles. The number of fused-ring (bicyclic) bond motifs is 2. The number of hydrogen-bond donors (Lipinski definition) is 1. The van der Waals surface area contributed by atoms with Crippen molar-refractivity contribution in [2.45, 2.75) is 24.4 Å². The van der Waals surface area contributed by atoms with E-state index < -0.39 is 49.5 Å². The van der Waals surface area contributed by atoms with Crippen molar-refractivity contribution in [2.75, 3.05) is 19.6 Å². The number of alkyl halides is 6. The molecule has 1 atom stereocenters. The molecule has 0 spiro atoms. The van der Waals surface area contributed by atoms with Gasteiger partial charge in [-0.1, -0.05) is 12.1 Å². The van der Waals surface area contributed by atoms with E-state index in [2.05, 4.69) is 10.2 Å². The first-order chi connectivity index (χ1) is 18.3. The fourth-order valence-corrected chi connectivity index (χ4v) is 5.53. The van der Waals surface area contributed by atoms with Crippen LogP contribution in [0.25, 0.3) is 21.8 Å². The van der Waals surface area contributed by atoms with Crippen molar-refractivity contribution in [3.8, 4) is 0 Å². The molecular weight excluding hydrogens is 530 g/mol. The molecular formula is C25H24F6N6O2. The lowest BCUT2D eigenvalue weighted by atomic mass is 9.90. The van der Waals surface area contributed by atoms with E-state index in [-0.39, 0.29) is 11.4 Å². The van der Waals surface area contributed by atoms with Crippen molar-refractivity contribution >= 4 is 27.9 Å². The summed E-state index contributed by atoms with van der Waals surface area (Å²) in [7, 11) is 3.50. The quantitative estimate of drug-likeness (QED) is 0.361. The molecule has 8 nitrogen and oxygen atoms in total. The summed E-state index contributed by atoms with van der Waals surface area (Å²) < 4.78 is 86.0. The zero-order valence-electron chi connectivity index (χ0n) is 20.8. The van der Waals surface area contributed by atoms with Gasteiger partial charge in [0.1, 0.15) is 0 Å². The summed E-state index contributed by atoms with van der Waals surface area (Å²) >= 11 is 0. The third-order valence-corrected chi connectivity index (χ3v) is 7.32. The van der Waals surface area contributed by atoms with E-state index in [9.17, 15) is 36.2 Å². The Kier molecular flexibility index (Phi) is 6.48. The Balaban J connectivity index is 1.63. The molecule has 2 aromatic heterocycles. The largest absolute Gasteiger partial charge is 0.465 e. The minimum atomic E-state index is -5.70. The maximum absolute atomic E-state index is 13.8. The summed E-state index contributed by atoms with van der Waals surface area (Å²) in [6, 6.07) is 7.52. The summed E-state index contributed by atoms with van der Waals surface area (Å²) in [5.41, 5.74) is 2.83. The summed E-state index contributed by atoms with van der Waals surface area (Å²) in [4.78, 5) is 13.5. The van der Waals surface area contributed by atoms with Crippen molar-refractivity contribution in [1.29, 1.82) is 0 Å². The summed E-state index contributed by atoms with van der Waals surface area (Å²) in [5, 5.41) is 19.5. The van der Waals surface area contributed by atoms with Crippen molar-refractivity contribution < 1.29 is 36.2 Å². The van der Waals surface area contributed by atoms with Crippen LogP contribution in [0.15, 0.2) is 48.8 Å². The van der Waals surface area contributed by atoms with Gasteiger partial charge >= 0.3 is 18.4 Å². The topological polar surface area (TPSA) is 79.4 Å². The monoisotopic (exact) mass is 554 g/mol. The molecule has 1 aliphatic heterocycles. The van der Waals surface area contributed by atoms with Gasteiger partial charge in [0.2, 0.25) is 0 Å². The van der Waals surface area contributed by atoms with Crippen LogP contribution in [0.1, 0.15) is 17.2 Å². The summed E-state index contributed by atoms with van der Waals surface area (Å²) in [6.07, 6.45) is -9.98. The molecule has 0 bridgehead atoms. The molecule has 4 aromatic rings. The lowest BCUT2D eigenvalue weighted by Gasteiger charge is -2.46. The minimum Gasteiger partial charge on any atom is -0.465 e. The highest BCUT2D eigenvalue weighted by molar-refractivity contribution is 5.81. The van der Waals surface area contributed by atoms with Crippen LogP contribution in [0, 0.1) is 5.92 Å². The molecule has 2 aromatic carbocycles. The van der Waals surface area contributed by atoms with Crippen LogP contribution < -0.4 is 0 Å². The molecule has 208 valence electrons. The van der Waals surface area contributed by atoms with Crippen molar-refractivity contribution in [3.05, 3.63) is 59.9 Å². The first kappa shape index (κ1) is 26.8. The van der Waals surface area contributed by atoms with Gasteiger partial charge in [-0.05, 0) is 35.4 Å². The number of carbonyl (C=O) groups is 1. The molecule has 14 heteroatoms. The molecule has 3 heterocycles. The predicted octanol–water partition coefficient (Wildman–Crippen LogP) is 4.95. The van der Waals surface area contributed by atoms with Gasteiger partial charge in [-0.15, -0.1) is 0 Å². The van der Waals surface area contributed by atoms with Crippen LogP contribution >= 0.6 is 0 Å². The average Bonchev–Trinajstić information content (AvgIpc) is 3.39. The van der Waals surface area contributed by atoms with E-state index in [1.54, 1.807) is 72.3 Å². The average molecular weight is 554 g/mol. The number of nitrogens with zero attached hydrogens (tertiary/aromatic N) is 6. The highest BCUT2D eigenvalue weighted by Crippen LogP contribution is 2.45. The Morgan fingerprint density at radius 1 is 0.872 bits per heavy atom. The molecule has 0 aliphatic carbocycles. The van der Waals surface area contributed by atoms with E-state index in [1.165, 1.54) is 4.90 Å². The number of carboxylic acid groups (broad SMARTS) is 1. The fraction of sp³-hybridized carbons (Fsp3) is 0.400. The molecule has 5 rings (SSSR count). The Morgan fingerprint density at radius 2 is 1.36 bits per heavy atom. The number of halogens is 6. The van der Waals surface area contributed by atoms with Gasteiger partial charge in [-0.2, -0.15) is 36.5 Å². The maximum atomic E-state index is 13.8. The summed E-state index contributed by atoms with van der Waals surface area (Å²) in [5.74, 6) is -3.84. The lowest BCUT2D eigenvalue weighted by Crippen LogP contribution is -2.63. The van der Waals surface area contributed by atoms with Crippen molar-refractivity contribution in [3.63, 3.8) is 0 Å². The van der Waals surface area contributed by atoms with Crippen LogP contribution in [-0.4, -0.2) is 78.6 Å². The minimum absolute atomic E-state index is 0.0773. The second-order valence-corrected chi connectivity index (χ2v) is 9.67. The van der Waals surface area contributed by atoms with Crippen LogP contribution in [0.4, 0.5) is 31.1 Å². The highest BCUT2D eigenvalue weighted by Gasteiger charge is 2.63. The number of hydrogen-bond acceptors (Lipinski definition) is 4. The Bertz CT molecular complexity index is 1430. The second-order valence-electron chi connectivity index (χ2n) is 9.67. The fourth-order valence-electron chi connectivity index (χ4n) is 5.53. The Morgan fingerprint density at radius 3 is 1.79 bits per heavy atom. The first-order valence-corrected chi connectivity index (χ1v) is 12.0. The molecule has 0 radical (unpaired) electrons. The molecule has 1 N–H and O–H groups in total. The third kappa shape index (κ3) is 4.88. The maximum Gasteiger partial charge on any atom is 0.407 e. The first-order valence-electron chi connectivity index (χ1n) is 12.0. The SMILES string of the molecule is Cn1ncc2cc(C(c3ccc4c(cnn4C)c3)N3CCN(C(=O)O)C(C(C(F)(F)F)C(F)(F)F)C3)ccc21. The van der Waals surface area contributed by atoms with Gasteiger partial charge in [0.05, 0.1) is 35.5 Å². The second kappa shape index (κ2) is 9.43. The van der Waals surface area contributed by atoms with Gasteiger partial charge in [-0.3, -0.25) is 14.3 Å². The Labute approximate surface area is 218 Å². The summed E-state index contributed by atoms with van der Waals surface area (Å²) in [6.45, 7) is -1.38. The van der Waals surface area contributed by atoms with E-state index in [4.69, 9.17) is 0 Å². The number of rotatable bonds is 4. The van der Waals surface area contributed by atoms with Gasteiger partial charge in [0.25, 0.3) is 0 Å². The molecule has 1 amide bonds. The van der Waals surface area contributed by atoms with Crippen molar-refractivity contribution in [2.24, 2.45) is 20.0 Å². The highest BCUT2D eigenvalue weighted by atomic mass is 19.4. The number of benzene rings is 2. The van der Waals surface area contributed by atoms with Gasteiger partial charge in [0, 0.05) is 44.5 Å². The third-order valence-electron chi connectivity index (χ3n) is 7.32. The van der Waals surface area contributed by atoms with E-state index in [0.717, 1.165) is 21.8 Å². The molecule has 1 saturated heterocycles. The number of amides is 1. The normalized spacial score (nSPS) is 17.7. The standard InChI is InChI=1S/C25H24F6N6O2/c1-34-18-5-3-14(9-16(18)11-32-34)21(15-4-6-19-17(10-15)12-33-35(19)2)36-7-8-37(23(38)39)20(13-36)22(24(26,27)28)25(29,30)31/h3-6,9-12,20-22H,7-8,13H2,1-2H3,(H,38,39). The molecule has 39 heavy (non-hydrogen) atoms. The van der Waals surface area contributed by atoms with Crippen LogP contribution in [0.2, 0.25) is 0 Å². The zero-order chi connectivity index (χ0) is 28.3. The number of piperazine rings is 1.